The molecule has 0 aliphatic carbocycles. The molecule has 25 heavy (non-hydrogen) atoms. The first-order chi connectivity index (χ1) is 12.0. The van der Waals surface area contributed by atoms with Gasteiger partial charge in [-0.2, -0.15) is 0 Å². The number of carbonyl (C=O) groups excluding carboxylic acids is 1. The van der Waals surface area contributed by atoms with Crippen molar-refractivity contribution in [3.63, 3.8) is 0 Å². The second-order valence-corrected chi connectivity index (χ2v) is 5.69. The van der Waals surface area contributed by atoms with Crippen LogP contribution in [-0.2, 0) is 16.0 Å². The highest BCUT2D eigenvalue weighted by molar-refractivity contribution is 6.30. The van der Waals surface area contributed by atoms with Crippen LogP contribution in [0.2, 0.25) is 5.02 Å². The highest BCUT2D eigenvalue weighted by atomic mass is 35.5. The van der Waals surface area contributed by atoms with E-state index in [2.05, 4.69) is 5.32 Å². The number of aryl methyl sites for hydroxylation is 1. The van der Waals surface area contributed by atoms with Crippen LogP contribution < -0.4 is 10.1 Å². The first-order valence-corrected chi connectivity index (χ1v) is 8.08. The molecule has 0 heterocycles. The molecule has 0 aromatic heterocycles. The Morgan fingerprint density at radius 3 is 2.32 bits per heavy atom. The number of halogens is 1. The van der Waals surface area contributed by atoms with Crippen molar-refractivity contribution in [3.05, 3.63) is 70.4 Å². The highest BCUT2D eigenvalue weighted by Gasteiger charge is 2.12. The van der Waals surface area contributed by atoms with Crippen molar-refractivity contribution in [2.75, 3.05) is 6.61 Å². The van der Waals surface area contributed by atoms with Gasteiger partial charge < -0.3 is 15.2 Å². The van der Waals surface area contributed by atoms with E-state index in [1.807, 2.05) is 19.1 Å². The van der Waals surface area contributed by atoms with E-state index in [1.165, 1.54) is 6.08 Å². The van der Waals surface area contributed by atoms with Crippen molar-refractivity contribution >= 4 is 29.6 Å². The summed E-state index contributed by atoms with van der Waals surface area (Å²) in [5.74, 6) is -1.32. The fourth-order valence-electron chi connectivity index (χ4n) is 2.03. The summed E-state index contributed by atoms with van der Waals surface area (Å²) in [6.07, 6.45) is 2.30. The Balaban J connectivity index is 1.99. The molecule has 5 nitrogen and oxygen atoms in total. The maximum atomic E-state index is 11.9. The van der Waals surface area contributed by atoms with Gasteiger partial charge in [0.2, 0.25) is 0 Å². The SMILES string of the molecule is CCc1ccc(/C=C(\NC(=O)COc2ccc(Cl)cc2)C(=O)O)cc1. The summed E-state index contributed by atoms with van der Waals surface area (Å²) in [5.41, 5.74) is 1.62. The molecule has 0 aliphatic rings. The summed E-state index contributed by atoms with van der Waals surface area (Å²) in [5, 5.41) is 12.2. The summed E-state index contributed by atoms with van der Waals surface area (Å²) < 4.78 is 5.29. The zero-order chi connectivity index (χ0) is 18.2. The van der Waals surface area contributed by atoms with Gasteiger partial charge in [0.15, 0.2) is 6.61 Å². The average molecular weight is 360 g/mol. The number of ether oxygens (including phenoxy) is 1. The zero-order valence-electron chi connectivity index (χ0n) is 13.7. The van der Waals surface area contributed by atoms with E-state index in [1.54, 1.807) is 36.4 Å². The van der Waals surface area contributed by atoms with E-state index < -0.39 is 11.9 Å². The highest BCUT2D eigenvalue weighted by Crippen LogP contribution is 2.15. The van der Waals surface area contributed by atoms with Gasteiger partial charge in [0.05, 0.1) is 0 Å². The number of aliphatic carboxylic acids is 1. The molecule has 0 saturated carbocycles. The van der Waals surface area contributed by atoms with Gasteiger partial charge in [-0.05, 0) is 47.9 Å². The average Bonchev–Trinajstić information content (AvgIpc) is 2.61. The fourth-order valence-corrected chi connectivity index (χ4v) is 2.16. The summed E-state index contributed by atoms with van der Waals surface area (Å²) in [6, 6.07) is 14.0. The Bertz CT molecular complexity index is 767. The molecule has 0 saturated heterocycles. The molecule has 2 aromatic carbocycles. The van der Waals surface area contributed by atoms with Crippen molar-refractivity contribution in [2.45, 2.75) is 13.3 Å². The monoisotopic (exact) mass is 359 g/mol. The Kier molecular flexibility index (Phi) is 6.60. The van der Waals surface area contributed by atoms with Gasteiger partial charge in [-0.25, -0.2) is 4.79 Å². The lowest BCUT2D eigenvalue weighted by atomic mass is 10.1. The molecule has 0 bridgehead atoms. The van der Waals surface area contributed by atoms with E-state index in [0.717, 1.165) is 12.0 Å². The molecule has 0 spiro atoms. The van der Waals surface area contributed by atoms with Crippen molar-refractivity contribution in [2.24, 2.45) is 0 Å². The van der Waals surface area contributed by atoms with Gasteiger partial charge in [0.1, 0.15) is 11.4 Å². The third-order valence-electron chi connectivity index (χ3n) is 3.39. The van der Waals surface area contributed by atoms with E-state index in [-0.39, 0.29) is 12.3 Å². The smallest absolute Gasteiger partial charge is 0.352 e. The normalized spacial score (nSPS) is 11.0. The van der Waals surface area contributed by atoms with Gasteiger partial charge in [-0.1, -0.05) is 42.8 Å². The van der Waals surface area contributed by atoms with Crippen molar-refractivity contribution in [3.8, 4) is 5.75 Å². The third-order valence-corrected chi connectivity index (χ3v) is 3.64. The Labute approximate surface area is 150 Å². The van der Waals surface area contributed by atoms with Crippen LogP contribution in [0.25, 0.3) is 6.08 Å². The minimum atomic E-state index is -1.22. The van der Waals surface area contributed by atoms with Crippen LogP contribution in [0.3, 0.4) is 0 Å². The summed E-state index contributed by atoms with van der Waals surface area (Å²) in [7, 11) is 0. The van der Waals surface area contributed by atoms with Gasteiger partial charge in [-0.3, -0.25) is 4.79 Å². The number of hydrogen-bond acceptors (Lipinski definition) is 3. The predicted molar refractivity (Wildman–Crippen MR) is 96.5 cm³/mol. The van der Waals surface area contributed by atoms with Crippen LogP contribution in [0.4, 0.5) is 0 Å². The summed E-state index contributed by atoms with van der Waals surface area (Å²) in [4.78, 5) is 23.3. The largest absolute Gasteiger partial charge is 0.484 e. The summed E-state index contributed by atoms with van der Waals surface area (Å²) in [6.45, 7) is 1.73. The number of amides is 1. The Hall–Kier alpha value is -2.79. The van der Waals surface area contributed by atoms with Gasteiger partial charge in [0, 0.05) is 5.02 Å². The predicted octanol–water partition coefficient (Wildman–Crippen LogP) is 3.52. The van der Waals surface area contributed by atoms with Gasteiger partial charge >= 0.3 is 5.97 Å². The standard InChI is InChI=1S/C19H18ClNO4/c1-2-13-3-5-14(6-4-13)11-17(19(23)24)21-18(22)12-25-16-9-7-15(20)8-10-16/h3-11H,2,12H2,1H3,(H,21,22)(H,23,24)/b17-11-. The van der Waals surface area contributed by atoms with Crippen molar-refractivity contribution in [1.29, 1.82) is 0 Å². The van der Waals surface area contributed by atoms with Crippen LogP contribution in [0.5, 0.6) is 5.75 Å². The lowest BCUT2D eigenvalue weighted by Gasteiger charge is -2.08. The molecule has 1 amide bonds. The second kappa shape index (κ2) is 8.89. The third kappa shape index (κ3) is 5.97. The van der Waals surface area contributed by atoms with E-state index in [9.17, 15) is 14.7 Å². The molecule has 0 unspecified atom stereocenters. The van der Waals surface area contributed by atoms with Crippen LogP contribution in [0.1, 0.15) is 18.1 Å². The molecular formula is C19H18ClNO4. The number of carbonyl (C=O) groups is 2. The minimum Gasteiger partial charge on any atom is -0.484 e. The van der Waals surface area contributed by atoms with E-state index in [4.69, 9.17) is 16.3 Å². The zero-order valence-corrected chi connectivity index (χ0v) is 14.4. The van der Waals surface area contributed by atoms with Crippen molar-refractivity contribution < 1.29 is 19.4 Å². The number of hydrogen-bond donors (Lipinski definition) is 2. The van der Waals surface area contributed by atoms with Crippen molar-refractivity contribution in [1.82, 2.24) is 5.32 Å². The van der Waals surface area contributed by atoms with E-state index in [0.29, 0.717) is 16.3 Å². The molecular weight excluding hydrogens is 342 g/mol. The molecule has 2 aromatic rings. The Morgan fingerprint density at radius 1 is 1.12 bits per heavy atom. The molecule has 0 atom stereocenters. The van der Waals surface area contributed by atoms with Crippen LogP contribution in [-0.4, -0.2) is 23.6 Å². The molecule has 0 aliphatic heterocycles. The first kappa shape index (κ1) is 18.5. The lowest BCUT2D eigenvalue weighted by molar-refractivity contribution is -0.134. The lowest BCUT2D eigenvalue weighted by Crippen LogP contribution is -2.31. The Morgan fingerprint density at radius 2 is 1.76 bits per heavy atom. The maximum Gasteiger partial charge on any atom is 0.352 e. The maximum absolute atomic E-state index is 11.9. The molecule has 0 fully saturated rings. The number of carboxylic acids is 1. The minimum absolute atomic E-state index is 0.214. The number of carboxylic acid groups (broad SMARTS) is 1. The van der Waals surface area contributed by atoms with Crippen LogP contribution in [0.15, 0.2) is 54.2 Å². The molecule has 130 valence electrons. The quantitative estimate of drug-likeness (QED) is 0.741. The molecule has 2 N–H and O–H groups in total. The van der Waals surface area contributed by atoms with Crippen LogP contribution >= 0.6 is 11.6 Å². The van der Waals surface area contributed by atoms with E-state index >= 15 is 0 Å². The number of benzene rings is 2. The number of rotatable bonds is 7. The molecule has 6 heteroatoms. The fraction of sp³-hybridized carbons (Fsp3) is 0.158. The topological polar surface area (TPSA) is 75.6 Å². The first-order valence-electron chi connectivity index (χ1n) is 7.70. The van der Waals surface area contributed by atoms with Gasteiger partial charge in [-0.15, -0.1) is 0 Å². The van der Waals surface area contributed by atoms with Crippen LogP contribution in [0, 0.1) is 0 Å². The van der Waals surface area contributed by atoms with Gasteiger partial charge in [0.25, 0.3) is 5.91 Å². The molecule has 2 rings (SSSR count). The summed E-state index contributed by atoms with van der Waals surface area (Å²) >= 11 is 5.77. The second-order valence-electron chi connectivity index (χ2n) is 5.25. The molecule has 0 radical (unpaired) electrons. The number of nitrogens with one attached hydrogen (secondary N) is 1.